The van der Waals surface area contributed by atoms with Crippen LogP contribution in [0.3, 0.4) is 0 Å². The molecule has 0 saturated carbocycles. The lowest BCUT2D eigenvalue weighted by Crippen LogP contribution is -2.34. The molecule has 1 aliphatic heterocycles. The quantitative estimate of drug-likeness (QED) is 0.327. The molecule has 1 saturated heterocycles. The second kappa shape index (κ2) is 8.74. The van der Waals surface area contributed by atoms with Gasteiger partial charge in [0.25, 0.3) is 5.91 Å². The van der Waals surface area contributed by atoms with E-state index in [0.29, 0.717) is 21.1 Å². The molecule has 0 spiro atoms. The van der Waals surface area contributed by atoms with E-state index in [1.807, 2.05) is 30.3 Å². The van der Waals surface area contributed by atoms with Gasteiger partial charge < -0.3 is 15.2 Å². The molecule has 7 nitrogen and oxygen atoms in total. The lowest BCUT2D eigenvalue weighted by molar-refractivity contribution is -0.133. The number of phenols is 1. The van der Waals surface area contributed by atoms with Gasteiger partial charge in [-0.1, -0.05) is 30.3 Å². The van der Waals surface area contributed by atoms with Gasteiger partial charge in [0.15, 0.2) is 11.5 Å². The van der Waals surface area contributed by atoms with Crippen molar-refractivity contribution in [3.8, 4) is 11.5 Å². The minimum absolute atomic E-state index is 0.0520. The zero-order valence-electron chi connectivity index (χ0n) is 14.8. The van der Waals surface area contributed by atoms with Gasteiger partial charge in [0.1, 0.15) is 5.92 Å². The number of phenolic OH excluding ortho intramolecular Hbond substituents is 1. The van der Waals surface area contributed by atoms with E-state index in [-0.39, 0.29) is 23.3 Å². The van der Waals surface area contributed by atoms with E-state index in [4.69, 9.17) is 4.74 Å². The highest BCUT2D eigenvalue weighted by Crippen LogP contribution is 2.41. The van der Waals surface area contributed by atoms with Gasteiger partial charge in [0.2, 0.25) is 5.91 Å². The van der Waals surface area contributed by atoms with Crippen LogP contribution in [0.4, 0.5) is 0 Å². The molecule has 2 aromatic carbocycles. The number of carbonyl (C=O) groups is 2. The third kappa shape index (κ3) is 4.05. The Balaban J connectivity index is 1.76. The molecular formula is C19H17Br2N3O4. The van der Waals surface area contributed by atoms with Crippen LogP contribution < -0.4 is 15.5 Å². The van der Waals surface area contributed by atoms with Crippen LogP contribution in [0.1, 0.15) is 17.0 Å². The van der Waals surface area contributed by atoms with Crippen molar-refractivity contribution in [3.05, 3.63) is 56.5 Å². The number of aromatic hydroxyl groups is 1. The lowest BCUT2D eigenvalue weighted by Gasteiger charge is -2.15. The van der Waals surface area contributed by atoms with Crippen molar-refractivity contribution in [1.29, 1.82) is 0 Å². The van der Waals surface area contributed by atoms with E-state index in [2.05, 4.69) is 47.7 Å². The summed E-state index contributed by atoms with van der Waals surface area (Å²) in [4.78, 5) is 24.8. The highest BCUT2D eigenvalue weighted by Gasteiger charge is 2.40. The smallest absolute Gasteiger partial charge is 0.253 e. The first-order chi connectivity index (χ1) is 13.4. The normalized spacial score (nSPS) is 18.9. The van der Waals surface area contributed by atoms with Crippen molar-refractivity contribution in [2.24, 2.45) is 11.0 Å². The largest absolute Gasteiger partial charge is 0.503 e. The minimum Gasteiger partial charge on any atom is -0.503 e. The van der Waals surface area contributed by atoms with E-state index in [9.17, 15) is 14.7 Å². The van der Waals surface area contributed by atoms with Gasteiger partial charge in [0.05, 0.1) is 17.8 Å². The molecular weight excluding hydrogens is 494 g/mol. The van der Waals surface area contributed by atoms with Crippen molar-refractivity contribution in [3.63, 3.8) is 0 Å². The number of methoxy groups -OCH3 is 1. The number of hydrogen-bond acceptors (Lipinski definition) is 5. The first-order valence-electron chi connectivity index (χ1n) is 8.34. The van der Waals surface area contributed by atoms with Gasteiger partial charge in [0, 0.05) is 22.5 Å². The molecule has 1 heterocycles. The Hall–Kier alpha value is -2.39. The molecule has 0 radical (unpaired) electrons. The summed E-state index contributed by atoms with van der Waals surface area (Å²) in [5.74, 6) is -1.72. The minimum atomic E-state index is -0.857. The Kier molecular flexibility index (Phi) is 6.35. The molecule has 1 fully saturated rings. The molecule has 28 heavy (non-hydrogen) atoms. The van der Waals surface area contributed by atoms with Gasteiger partial charge in [-0.3, -0.25) is 9.59 Å². The predicted molar refractivity (Wildman–Crippen MR) is 111 cm³/mol. The third-order valence-electron chi connectivity index (χ3n) is 4.46. The van der Waals surface area contributed by atoms with Crippen LogP contribution in [-0.4, -0.2) is 36.8 Å². The maximum atomic E-state index is 12.6. The summed E-state index contributed by atoms with van der Waals surface area (Å²) in [6.07, 6.45) is 1.40. The molecule has 2 atom stereocenters. The fraction of sp³-hybridized carbons (Fsp3) is 0.211. The number of nitrogens with zero attached hydrogens (tertiary/aromatic N) is 1. The Labute approximate surface area is 178 Å². The number of carbonyl (C=O) groups excluding carboxylic acids is 2. The Morgan fingerprint density at radius 3 is 2.71 bits per heavy atom. The SMILES string of the molecule is COc1cc(/C=N/NC(=O)[C@H]2C(=O)NC[C@H]2c2ccccc2)c(Br)c(Br)c1O. The first-order valence-corrected chi connectivity index (χ1v) is 9.93. The zero-order chi connectivity index (χ0) is 20.3. The van der Waals surface area contributed by atoms with Gasteiger partial charge in [-0.2, -0.15) is 5.10 Å². The number of halogens is 2. The van der Waals surface area contributed by atoms with E-state index in [0.717, 1.165) is 5.56 Å². The maximum absolute atomic E-state index is 12.6. The topological polar surface area (TPSA) is 100 Å². The summed E-state index contributed by atoms with van der Waals surface area (Å²) in [7, 11) is 1.43. The number of hydrogen-bond donors (Lipinski definition) is 3. The van der Waals surface area contributed by atoms with Crippen LogP contribution in [0, 0.1) is 5.92 Å². The highest BCUT2D eigenvalue weighted by atomic mass is 79.9. The van der Waals surface area contributed by atoms with Gasteiger partial charge in [-0.15, -0.1) is 0 Å². The molecule has 0 aliphatic carbocycles. The molecule has 2 aromatic rings. The summed E-state index contributed by atoms with van der Waals surface area (Å²) in [5, 5.41) is 16.7. The predicted octanol–water partition coefficient (Wildman–Crippen LogP) is 2.91. The third-order valence-corrected chi connectivity index (χ3v) is 6.62. The van der Waals surface area contributed by atoms with Crippen molar-refractivity contribution in [1.82, 2.24) is 10.7 Å². The standard InChI is InChI=1S/C19H17Br2N3O4/c1-28-13-7-11(15(20)16(21)17(13)25)8-23-24-19(27)14-12(9-22-18(14)26)10-5-3-2-4-6-10/h2-8,12,14,25H,9H2,1H3,(H,22,26)(H,24,27)/b23-8+/t12-,14+/m0/s1. The molecule has 3 N–H and O–H groups in total. The van der Waals surface area contributed by atoms with Gasteiger partial charge >= 0.3 is 0 Å². The van der Waals surface area contributed by atoms with Crippen LogP contribution in [0.2, 0.25) is 0 Å². The first kappa shape index (κ1) is 20.3. The maximum Gasteiger partial charge on any atom is 0.253 e. The Morgan fingerprint density at radius 2 is 2.04 bits per heavy atom. The number of amides is 2. The van der Waals surface area contributed by atoms with E-state index in [1.165, 1.54) is 13.3 Å². The molecule has 1 aliphatic rings. The monoisotopic (exact) mass is 509 g/mol. The summed E-state index contributed by atoms with van der Waals surface area (Å²) in [6.45, 7) is 0.401. The number of nitrogens with one attached hydrogen (secondary N) is 2. The molecule has 0 bridgehead atoms. The number of hydrazone groups is 1. The number of ether oxygens (including phenoxy) is 1. The van der Waals surface area contributed by atoms with Crippen molar-refractivity contribution >= 4 is 49.9 Å². The number of rotatable bonds is 5. The van der Waals surface area contributed by atoms with E-state index in [1.54, 1.807) is 6.07 Å². The van der Waals surface area contributed by atoms with Crippen LogP contribution in [0.15, 0.2) is 50.4 Å². The van der Waals surface area contributed by atoms with Crippen molar-refractivity contribution < 1.29 is 19.4 Å². The van der Waals surface area contributed by atoms with Gasteiger partial charge in [-0.25, -0.2) is 5.43 Å². The second-order valence-corrected chi connectivity index (χ2v) is 7.70. The summed E-state index contributed by atoms with van der Waals surface area (Å²) >= 11 is 6.61. The van der Waals surface area contributed by atoms with Crippen LogP contribution in [0.5, 0.6) is 11.5 Å². The number of benzene rings is 2. The van der Waals surface area contributed by atoms with E-state index >= 15 is 0 Å². The molecule has 3 rings (SSSR count). The highest BCUT2D eigenvalue weighted by molar-refractivity contribution is 9.13. The van der Waals surface area contributed by atoms with Crippen molar-refractivity contribution in [2.75, 3.05) is 13.7 Å². The molecule has 146 valence electrons. The average Bonchev–Trinajstić information content (AvgIpc) is 3.10. The van der Waals surface area contributed by atoms with Gasteiger partial charge in [-0.05, 0) is 43.5 Å². The second-order valence-electron chi connectivity index (χ2n) is 6.12. The van der Waals surface area contributed by atoms with Crippen molar-refractivity contribution in [2.45, 2.75) is 5.92 Å². The summed E-state index contributed by atoms with van der Waals surface area (Å²) in [6, 6.07) is 11.0. The molecule has 0 aromatic heterocycles. The zero-order valence-corrected chi connectivity index (χ0v) is 18.0. The van der Waals surface area contributed by atoms with E-state index < -0.39 is 11.8 Å². The fourth-order valence-electron chi connectivity index (χ4n) is 3.03. The van der Waals surface area contributed by atoms with Crippen LogP contribution in [-0.2, 0) is 9.59 Å². The molecule has 0 unspecified atom stereocenters. The summed E-state index contributed by atoms with van der Waals surface area (Å²) < 4.78 is 6.05. The molecule has 9 heteroatoms. The van der Waals surface area contributed by atoms with Crippen LogP contribution >= 0.6 is 31.9 Å². The average molecular weight is 511 g/mol. The van der Waals surface area contributed by atoms with Crippen LogP contribution in [0.25, 0.3) is 0 Å². The Bertz CT molecular complexity index is 935. The molecule has 2 amide bonds. The summed E-state index contributed by atoms with van der Waals surface area (Å²) in [5.41, 5.74) is 3.92. The lowest BCUT2D eigenvalue weighted by atomic mass is 9.88. The fourth-order valence-corrected chi connectivity index (χ4v) is 3.86. The Morgan fingerprint density at radius 1 is 1.32 bits per heavy atom.